The van der Waals surface area contributed by atoms with Gasteiger partial charge in [0.15, 0.2) is 0 Å². The van der Waals surface area contributed by atoms with Crippen LogP contribution < -0.4 is 32.3 Å². The molecule has 9 amide bonds. The van der Waals surface area contributed by atoms with Gasteiger partial charge in [-0.25, -0.2) is 9.79 Å². The monoisotopic (exact) mass is 1450 g/mol. The minimum absolute atomic E-state index is 0.0328. The standard InChI is InChI=1S/C67H97N13O17S3/c1-3-5-15-56(82)70-34-48-42-99-40-46-30-45(39-98-29-18-69-57(83)35-75-21-23-76(36-58(84)85)25-27-78(38-60(88)89)28-26-77(24-22-75)37-59(86)87)31-47(32-46)41-100-43-52(67(96)97)74-63(92)51(33-44-11-7-6-8-12-44)73-62(91)50(16-17-55(68)81)72-61(90)49(4-2)71-64(93)53-13-9-19-79(53)66(95)54-14-10-20-80(54)65(48)94/h6-8,11-12,30-32,34,48-54H,3-5,9-10,13-29,33,35-43H2,1-2H3,(H2,68,81)(H,69,83)(H,71,93)(H,72,90)(H,73,91)(H,74,92)(H,84,85)(H,86,87)(H,88,89)(H,96,97)/b70-34+/t48?,49-,50-,51-,52-,53-,54-/m0/s1. The molecule has 1 unspecified atom stereocenters. The fourth-order valence-electron chi connectivity index (χ4n) is 12.1. The summed E-state index contributed by atoms with van der Waals surface area (Å²) in [6.07, 6.45) is 3.60. The largest absolute Gasteiger partial charge is 0.480 e. The number of primary amides is 1. The maximum absolute atomic E-state index is 14.9. The van der Waals surface area contributed by atoms with Gasteiger partial charge in [-0.05, 0) is 67.2 Å². The molecule has 0 radical (unpaired) electrons. The number of nitrogens with two attached hydrogens (primary N) is 1. The van der Waals surface area contributed by atoms with E-state index in [1.807, 2.05) is 30.0 Å². The molecule has 4 aliphatic rings. The van der Waals surface area contributed by atoms with Gasteiger partial charge in [-0.1, -0.05) is 68.8 Å². The Hall–Kier alpha value is -7.69. The highest BCUT2D eigenvalue weighted by molar-refractivity contribution is 7.99. The van der Waals surface area contributed by atoms with Crippen LogP contribution in [0.3, 0.4) is 0 Å². The summed E-state index contributed by atoms with van der Waals surface area (Å²) in [5.41, 5.74) is 8.61. The summed E-state index contributed by atoms with van der Waals surface area (Å²) in [5, 5.41) is 53.0. The fourth-order valence-corrected chi connectivity index (χ4v) is 14.9. The molecule has 3 saturated heterocycles. The highest BCUT2D eigenvalue weighted by atomic mass is 32.2. The number of nitrogens with zero attached hydrogens (tertiary/aromatic N) is 7. The Morgan fingerprint density at radius 3 is 1.68 bits per heavy atom. The van der Waals surface area contributed by atoms with Gasteiger partial charge in [0.05, 0.1) is 32.1 Å². The van der Waals surface area contributed by atoms with Crippen molar-refractivity contribution in [3.8, 4) is 0 Å². The first-order valence-electron chi connectivity index (χ1n) is 34.0. The molecule has 11 N–H and O–H groups in total. The van der Waals surface area contributed by atoms with Gasteiger partial charge in [-0.15, -0.1) is 0 Å². The van der Waals surface area contributed by atoms with Crippen LogP contribution in [0.25, 0.3) is 0 Å². The second-order valence-corrected chi connectivity index (χ2v) is 28.5. The number of nitrogens with one attached hydrogen (secondary N) is 5. The molecule has 7 atom stereocenters. The molecule has 2 bridgehead atoms. The lowest BCUT2D eigenvalue weighted by Crippen LogP contribution is -2.59. The molecule has 4 aliphatic heterocycles. The summed E-state index contributed by atoms with van der Waals surface area (Å²) >= 11 is 4.15. The average molecular weight is 1450 g/mol. The van der Waals surface area contributed by atoms with Crippen molar-refractivity contribution >= 4 is 119 Å². The van der Waals surface area contributed by atoms with Crippen molar-refractivity contribution in [2.75, 3.05) is 115 Å². The molecule has 30 nitrogen and oxygen atoms in total. The molecule has 3 fully saturated rings. The van der Waals surface area contributed by atoms with E-state index in [0.717, 1.165) is 23.1 Å². The molecule has 2 aromatic carbocycles. The van der Waals surface area contributed by atoms with Crippen LogP contribution in [0, 0.1) is 5.92 Å². The molecule has 6 rings (SSSR count). The van der Waals surface area contributed by atoms with E-state index in [2.05, 4.69) is 31.6 Å². The van der Waals surface area contributed by atoms with Crippen LogP contribution in [-0.2, 0) is 86.0 Å². The van der Waals surface area contributed by atoms with Crippen molar-refractivity contribution in [1.82, 2.24) is 56.0 Å². The molecular weight excluding hydrogens is 1360 g/mol. The summed E-state index contributed by atoms with van der Waals surface area (Å²) in [4.78, 5) is 188. The quantitative estimate of drug-likeness (QED) is 0.0500. The number of benzene rings is 2. The van der Waals surface area contributed by atoms with E-state index in [1.165, 1.54) is 51.3 Å². The van der Waals surface area contributed by atoms with E-state index >= 15 is 0 Å². The lowest BCUT2D eigenvalue weighted by Gasteiger charge is -2.32. The first kappa shape index (κ1) is 81.3. The van der Waals surface area contributed by atoms with Crippen molar-refractivity contribution in [2.45, 2.75) is 138 Å². The van der Waals surface area contributed by atoms with Gasteiger partial charge >= 0.3 is 23.9 Å². The maximum Gasteiger partial charge on any atom is 0.327 e. The summed E-state index contributed by atoms with van der Waals surface area (Å²) in [6.45, 7) is 5.17. The molecule has 33 heteroatoms. The van der Waals surface area contributed by atoms with Crippen LogP contribution >= 0.6 is 35.3 Å². The van der Waals surface area contributed by atoms with Crippen LogP contribution in [0.1, 0.15) is 100 Å². The molecular formula is C67H97N13O17S3. The number of amides is 9. The Kier molecular flexibility index (Phi) is 34.6. The van der Waals surface area contributed by atoms with Gasteiger partial charge in [0.25, 0.3) is 0 Å². The predicted octanol–water partition coefficient (Wildman–Crippen LogP) is 0.319. The molecule has 550 valence electrons. The van der Waals surface area contributed by atoms with E-state index in [4.69, 9.17) is 5.73 Å². The van der Waals surface area contributed by atoms with Crippen molar-refractivity contribution in [3.63, 3.8) is 0 Å². The number of aliphatic carboxylic acids is 4. The predicted molar refractivity (Wildman–Crippen MR) is 377 cm³/mol. The lowest BCUT2D eigenvalue weighted by molar-refractivity contribution is -0.147. The van der Waals surface area contributed by atoms with E-state index in [0.29, 0.717) is 48.5 Å². The van der Waals surface area contributed by atoms with Crippen molar-refractivity contribution in [2.24, 2.45) is 16.6 Å². The number of hydrogen-bond acceptors (Lipinski definition) is 20. The van der Waals surface area contributed by atoms with Gasteiger partial charge in [0, 0.05) is 132 Å². The number of carbonyl (C=O) groups excluding carboxylic acids is 9. The molecule has 100 heavy (non-hydrogen) atoms. The Labute approximate surface area is 595 Å². The number of carboxylic acid groups (broad SMARTS) is 4. The van der Waals surface area contributed by atoms with Gasteiger partial charge < -0.3 is 62.5 Å². The number of carboxylic acids is 4. The van der Waals surface area contributed by atoms with Crippen LogP contribution in [0.4, 0.5) is 0 Å². The summed E-state index contributed by atoms with van der Waals surface area (Å²) < 4.78 is 0. The van der Waals surface area contributed by atoms with E-state index in [-0.39, 0.29) is 160 Å². The molecule has 0 spiro atoms. The SMILES string of the molecule is CCCCC(=O)/N=C/C1CSCc2cc(CSCCNC(=O)CN3CCN(CC(=O)O)CCN(CC(=O)O)CCN(CC(=O)O)CC3)cc(c2)CSC[C@@H](C(=O)O)NC(=O)[C@H](Cc2ccccc2)NC(=O)[C@H](CCC(N)=O)NC(=O)[C@H](CC)NC(=O)[C@@H]2CCCN2C(=O)[C@@H]2CCCN2C1=O. The highest BCUT2D eigenvalue weighted by Gasteiger charge is 2.44. The third-order valence-electron chi connectivity index (χ3n) is 17.4. The number of aliphatic imine (C=N–C) groups is 1. The Bertz CT molecular complexity index is 3160. The third-order valence-corrected chi connectivity index (χ3v) is 20.7. The Balaban J connectivity index is 1.25. The first-order valence-corrected chi connectivity index (χ1v) is 37.5. The second-order valence-electron chi connectivity index (χ2n) is 25.3. The zero-order valence-electron chi connectivity index (χ0n) is 56.9. The summed E-state index contributed by atoms with van der Waals surface area (Å²) in [6, 6.07) is 6.98. The number of fused-ring (bicyclic) bond motifs is 4. The molecule has 0 aromatic heterocycles. The second kappa shape index (κ2) is 42.5. The minimum atomic E-state index is -1.48. The molecule has 0 aliphatic carbocycles. The smallest absolute Gasteiger partial charge is 0.327 e. The number of hydrogen-bond donors (Lipinski definition) is 10. The lowest BCUT2D eigenvalue weighted by atomic mass is 10.0. The maximum atomic E-state index is 14.9. The number of thioether (sulfide) groups is 3. The van der Waals surface area contributed by atoms with E-state index in [1.54, 1.807) is 52.0 Å². The number of rotatable bonds is 24. The number of carbonyl (C=O) groups is 13. The zero-order chi connectivity index (χ0) is 72.7. The van der Waals surface area contributed by atoms with Gasteiger partial charge in [-0.3, -0.25) is 77.1 Å². The molecule has 0 saturated carbocycles. The van der Waals surface area contributed by atoms with Crippen LogP contribution in [0.2, 0.25) is 0 Å². The topological polar surface area (TPSA) is 421 Å². The third kappa shape index (κ3) is 28.0. The molecule has 4 heterocycles. The summed E-state index contributed by atoms with van der Waals surface area (Å²) in [7, 11) is 0. The van der Waals surface area contributed by atoms with Crippen LogP contribution in [-0.4, -0.2) is 285 Å². The minimum Gasteiger partial charge on any atom is -0.480 e. The highest BCUT2D eigenvalue weighted by Crippen LogP contribution is 2.29. The van der Waals surface area contributed by atoms with Gasteiger partial charge in [0.1, 0.15) is 36.3 Å². The van der Waals surface area contributed by atoms with Crippen LogP contribution in [0.15, 0.2) is 53.5 Å². The zero-order valence-corrected chi connectivity index (χ0v) is 59.3. The van der Waals surface area contributed by atoms with Crippen molar-refractivity contribution < 1.29 is 82.8 Å². The normalized spacial score (nSPS) is 23.3. The van der Waals surface area contributed by atoms with Crippen LogP contribution in [0.5, 0.6) is 0 Å². The average Bonchev–Trinajstić information content (AvgIpc) is 1.63. The van der Waals surface area contributed by atoms with Gasteiger partial charge in [0.2, 0.25) is 53.2 Å². The van der Waals surface area contributed by atoms with Gasteiger partial charge in [-0.2, -0.15) is 35.3 Å². The fraction of sp³-hybridized carbons (Fsp3) is 0.612. The van der Waals surface area contributed by atoms with E-state index in [9.17, 15) is 82.8 Å². The van der Waals surface area contributed by atoms with E-state index < -0.39 is 113 Å². The Morgan fingerprint density at radius 2 is 1.13 bits per heavy atom. The van der Waals surface area contributed by atoms with Crippen molar-refractivity contribution in [3.05, 3.63) is 70.8 Å². The first-order chi connectivity index (χ1) is 47.9. The molecule has 2 aromatic rings. The number of unbranched alkanes of at least 4 members (excludes halogenated alkanes) is 1. The Morgan fingerprint density at radius 1 is 0.610 bits per heavy atom. The van der Waals surface area contributed by atoms with Crippen molar-refractivity contribution in [1.29, 1.82) is 0 Å². The summed E-state index contributed by atoms with van der Waals surface area (Å²) in [5.74, 6) is -9.55.